The Bertz CT molecular complexity index is 300. The van der Waals surface area contributed by atoms with E-state index in [0.717, 1.165) is 0 Å². The zero-order valence-electron chi connectivity index (χ0n) is 7.64. The minimum Gasteiger partial charge on any atom is -0.492 e. The number of rotatable bonds is 3. The number of hydrogen-bond acceptors (Lipinski definition) is 5. The van der Waals surface area contributed by atoms with E-state index in [9.17, 15) is 4.79 Å². The van der Waals surface area contributed by atoms with Crippen molar-refractivity contribution in [1.82, 2.24) is 4.73 Å². The third kappa shape index (κ3) is 2.32. The number of carbonyl (C=O) groups is 1. The minimum absolute atomic E-state index is 0.224. The maximum Gasteiger partial charge on any atom is 0.533 e. The van der Waals surface area contributed by atoms with Crippen LogP contribution in [0.3, 0.4) is 0 Å². The minimum atomic E-state index is -0.978. The lowest BCUT2D eigenvalue weighted by atomic mass is 10.5. The second-order valence-corrected chi connectivity index (χ2v) is 2.53. The Morgan fingerprint density at radius 3 is 2.50 bits per heavy atom. The van der Waals surface area contributed by atoms with Crippen LogP contribution in [0.4, 0.5) is 4.79 Å². The summed E-state index contributed by atoms with van der Waals surface area (Å²) < 4.78 is 5.14. The van der Waals surface area contributed by atoms with Crippen molar-refractivity contribution in [2.24, 2.45) is 0 Å². The van der Waals surface area contributed by atoms with Gasteiger partial charge in [-0.2, -0.15) is 0 Å². The predicted octanol–water partition coefficient (Wildman–Crippen LogP) is 0.874. The van der Waals surface area contributed by atoms with Crippen molar-refractivity contribution in [3.8, 4) is 11.8 Å². The van der Waals surface area contributed by atoms with Gasteiger partial charge in [0.25, 0.3) is 0 Å². The van der Waals surface area contributed by atoms with E-state index in [1.165, 1.54) is 12.1 Å². The van der Waals surface area contributed by atoms with Crippen molar-refractivity contribution in [1.29, 1.82) is 0 Å². The standard InChI is InChI=1S/C8H11NO5/c1-2-5-13-8(12)14-9-6(10)3-4-7(9)11/h3-4,10-11H,2,5H2,1H3. The van der Waals surface area contributed by atoms with Crippen molar-refractivity contribution in [2.75, 3.05) is 6.61 Å². The van der Waals surface area contributed by atoms with Crippen LogP contribution >= 0.6 is 0 Å². The number of hydrogen-bond donors (Lipinski definition) is 2. The van der Waals surface area contributed by atoms with Crippen molar-refractivity contribution < 1.29 is 24.6 Å². The fourth-order valence-electron chi connectivity index (χ4n) is 0.782. The molecule has 0 radical (unpaired) electrons. The molecule has 0 saturated heterocycles. The Balaban J connectivity index is 2.55. The maximum absolute atomic E-state index is 10.9. The normalized spacial score (nSPS) is 9.79. The number of aromatic nitrogens is 1. The molecule has 6 heteroatoms. The maximum atomic E-state index is 10.9. The van der Waals surface area contributed by atoms with E-state index < -0.39 is 6.16 Å². The molecule has 0 aliphatic heterocycles. The van der Waals surface area contributed by atoms with Gasteiger partial charge in [-0.1, -0.05) is 6.92 Å². The number of aromatic hydroxyl groups is 2. The largest absolute Gasteiger partial charge is 0.533 e. The summed E-state index contributed by atoms with van der Waals surface area (Å²) in [6.45, 7) is 2.06. The van der Waals surface area contributed by atoms with Crippen molar-refractivity contribution in [3.63, 3.8) is 0 Å². The second kappa shape index (κ2) is 4.40. The van der Waals surface area contributed by atoms with Gasteiger partial charge in [0, 0.05) is 12.1 Å². The van der Waals surface area contributed by atoms with Crippen molar-refractivity contribution in [2.45, 2.75) is 13.3 Å². The lowest BCUT2D eigenvalue weighted by molar-refractivity contribution is 0.0356. The molecule has 14 heavy (non-hydrogen) atoms. The SMILES string of the molecule is CCCOC(=O)On1c(O)ccc1O. The second-order valence-electron chi connectivity index (χ2n) is 2.53. The van der Waals surface area contributed by atoms with Gasteiger partial charge in [-0.25, -0.2) is 4.79 Å². The first-order valence-corrected chi connectivity index (χ1v) is 4.10. The van der Waals surface area contributed by atoms with Crippen LogP contribution in [0.1, 0.15) is 13.3 Å². The Morgan fingerprint density at radius 2 is 2.00 bits per heavy atom. The first-order chi connectivity index (χ1) is 6.65. The Hall–Kier alpha value is -1.85. The van der Waals surface area contributed by atoms with E-state index in [4.69, 9.17) is 10.2 Å². The molecule has 0 spiro atoms. The summed E-state index contributed by atoms with van der Waals surface area (Å²) in [5.74, 6) is -0.758. The van der Waals surface area contributed by atoms with Gasteiger partial charge >= 0.3 is 6.16 Å². The highest BCUT2D eigenvalue weighted by atomic mass is 16.8. The first kappa shape index (κ1) is 10.2. The molecule has 1 aromatic rings. The van der Waals surface area contributed by atoms with E-state index in [1.807, 2.05) is 6.92 Å². The number of nitrogens with zero attached hydrogens (tertiary/aromatic N) is 1. The van der Waals surface area contributed by atoms with Crippen LogP contribution in [0.2, 0.25) is 0 Å². The lowest BCUT2D eigenvalue weighted by Gasteiger charge is -2.06. The Labute approximate surface area is 80.2 Å². The molecule has 0 atom stereocenters. The monoisotopic (exact) mass is 201 g/mol. The predicted molar refractivity (Wildman–Crippen MR) is 46.0 cm³/mol. The molecular formula is C8H11NO5. The van der Waals surface area contributed by atoms with E-state index in [1.54, 1.807) is 0 Å². The van der Waals surface area contributed by atoms with E-state index in [0.29, 0.717) is 11.2 Å². The molecule has 2 N–H and O–H groups in total. The molecule has 0 aromatic carbocycles. The number of ether oxygens (including phenoxy) is 1. The van der Waals surface area contributed by atoms with Crippen LogP contribution in [0.15, 0.2) is 12.1 Å². The molecule has 0 bridgehead atoms. The zero-order valence-corrected chi connectivity index (χ0v) is 7.64. The highest BCUT2D eigenvalue weighted by molar-refractivity contribution is 5.60. The molecule has 0 unspecified atom stereocenters. The Morgan fingerprint density at radius 1 is 1.43 bits per heavy atom. The molecule has 0 fully saturated rings. The number of carbonyl (C=O) groups excluding carboxylic acids is 1. The molecule has 1 rings (SSSR count). The highest BCUT2D eigenvalue weighted by Gasteiger charge is 2.12. The van der Waals surface area contributed by atoms with Crippen LogP contribution in [0, 0.1) is 0 Å². The van der Waals surface area contributed by atoms with Gasteiger partial charge in [-0.3, -0.25) is 4.84 Å². The summed E-state index contributed by atoms with van der Waals surface area (Å²) in [7, 11) is 0. The van der Waals surface area contributed by atoms with Crippen LogP contribution in [0.25, 0.3) is 0 Å². The topological polar surface area (TPSA) is 80.9 Å². The third-order valence-electron chi connectivity index (χ3n) is 1.39. The third-order valence-corrected chi connectivity index (χ3v) is 1.39. The van der Waals surface area contributed by atoms with Crippen molar-refractivity contribution in [3.05, 3.63) is 12.1 Å². The van der Waals surface area contributed by atoms with E-state index in [2.05, 4.69) is 9.57 Å². The smallest absolute Gasteiger partial charge is 0.492 e. The van der Waals surface area contributed by atoms with Crippen LogP contribution in [-0.2, 0) is 4.74 Å². The van der Waals surface area contributed by atoms with E-state index >= 15 is 0 Å². The molecular weight excluding hydrogens is 190 g/mol. The molecule has 6 nitrogen and oxygen atoms in total. The molecule has 0 aliphatic carbocycles. The van der Waals surface area contributed by atoms with E-state index in [-0.39, 0.29) is 18.4 Å². The fraction of sp³-hybridized carbons (Fsp3) is 0.375. The summed E-state index contributed by atoms with van der Waals surface area (Å²) >= 11 is 0. The van der Waals surface area contributed by atoms with Gasteiger partial charge in [-0.15, -0.1) is 4.73 Å². The molecule has 1 heterocycles. The summed E-state index contributed by atoms with van der Waals surface area (Å²) in [4.78, 5) is 15.4. The summed E-state index contributed by atoms with van der Waals surface area (Å²) in [5, 5.41) is 18.2. The van der Waals surface area contributed by atoms with Crippen LogP contribution in [0.5, 0.6) is 11.8 Å². The molecule has 1 aromatic heterocycles. The summed E-state index contributed by atoms with van der Waals surface area (Å²) in [5.41, 5.74) is 0. The quantitative estimate of drug-likeness (QED) is 0.709. The summed E-state index contributed by atoms with van der Waals surface area (Å²) in [6.07, 6.45) is -0.313. The van der Waals surface area contributed by atoms with Crippen LogP contribution in [-0.4, -0.2) is 27.7 Å². The average molecular weight is 201 g/mol. The highest BCUT2D eigenvalue weighted by Crippen LogP contribution is 2.18. The lowest BCUT2D eigenvalue weighted by Crippen LogP contribution is -2.20. The zero-order chi connectivity index (χ0) is 10.6. The van der Waals surface area contributed by atoms with Gasteiger partial charge in [0.2, 0.25) is 11.8 Å². The summed E-state index contributed by atoms with van der Waals surface area (Å²) in [6, 6.07) is 2.37. The molecule has 0 aliphatic rings. The van der Waals surface area contributed by atoms with Crippen LogP contribution < -0.4 is 4.84 Å². The molecule has 0 amide bonds. The van der Waals surface area contributed by atoms with Gasteiger partial charge in [0.1, 0.15) is 0 Å². The van der Waals surface area contributed by atoms with Gasteiger partial charge in [0.15, 0.2) is 0 Å². The molecule has 0 saturated carbocycles. The van der Waals surface area contributed by atoms with Gasteiger partial charge < -0.3 is 14.9 Å². The molecule has 78 valence electrons. The van der Waals surface area contributed by atoms with Gasteiger partial charge in [0.05, 0.1) is 6.61 Å². The van der Waals surface area contributed by atoms with Crippen molar-refractivity contribution >= 4 is 6.16 Å². The first-order valence-electron chi connectivity index (χ1n) is 4.10. The Kier molecular flexibility index (Phi) is 3.22. The average Bonchev–Trinajstić information content (AvgIpc) is 2.46. The van der Waals surface area contributed by atoms with Gasteiger partial charge in [-0.05, 0) is 6.42 Å². The fourth-order valence-corrected chi connectivity index (χ4v) is 0.782.